The van der Waals surface area contributed by atoms with E-state index in [1.54, 1.807) is 6.20 Å². The molecule has 1 aliphatic carbocycles. The van der Waals surface area contributed by atoms with Crippen molar-refractivity contribution in [2.75, 3.05) is 5.32 Å². The zero-order chi connectivity index (χ0) is 15.0. The second-order valence-corrected chi connectivity index (χ2v) is 5.93. The fourth-order valence-electron chi connectivity index (χ4n) is 3.20. The number of aromatic nitrogens is 2. The fourth-order valence-corrected chi connectivity index (χ4v) is 3.20. The molecule has 1 aliphatic rings. The maximum Gasteiger partial charge on any atom is 0.235 e. The second-order valence-electron chi connectivity index (χ2n) is 5.93. The van der Waals surface area contributed by atoms with Gasteiger partial charge >= 0.3 is 0 Å². The first-order chi connectivity index (χ1) is 10.8. The molecule has 0 atom stereocenters. The molecule has 0 spiro atoms. The Labute approximate surface area is 128 Å². The zero-order valence-corrected chi connectivity index (χ0v) is 12.2. The molecule has 1 fully saturated rings. The minimum absolute atomic E-state index is 0.0869. The average Bonchev–Trinajstić information content (AvgIpc) is 2.95. The van der Waals surface area contributed by atoms with Gasteiger partial charge in [0.15, 0.2) is 0 Å². The number of rotatable bonds is 3. The van der Waals surface area contributed by atoms with Gasteiger partial charge in [-0.05, 0) is 36.6 Å². The van der Waals surface area contributed by atoms with Gasteiger partial charge in [-0.2, -0.15) is 5.10 Å². The maximum absolute atomic E-state index is 12.9. The summed E-state index contributed by atoms with van der Waals surface area (Å²) in [5.41, 5.74) is 2.48. The molecule has 4 rings (SSSR count). The highest BCUT2D eigenvalue weighted by molar-refractivity contribution is 6.01. The normalized spacial score (nSPS) is 16.2. The highest BCUT2D eigenvalue weighted by atomic mass is 16.2. The zero-order valence-electron chi connectivity index (χ0n) is 12.2. The van der Waals surface area contributed by atoms with Gasteiger partial charge in [-0.15, -0.1) is 0 Å². The monoisotopic (exact) mass is 291 g/mol. The highest BCUT2D eigenvalue weighted by Crippen LogP contribution is 2.44. The van der Waals surface area contributed by atoms with E-state index >= 15 is 0 Å². The highest BCUT2D eigenvalue weighted by Gasteiger charge is 2.45. The predicted octanol–water partition coefficient (Wildman–Crippen LogP) is 3.62. The summed E-state index contributed by atoms with van der Waals surface area (Å²) in [6.07, 6.45) is 4.70. The van der Waals surface area contributed by atoms with Crippen LogP contribution in [0.1, 0.15) is 24.8 Å². The molecule has 22 heavy (non-hydrogen) atoms. The van der Waals surface area contributed by atoms with E-state index in [9.17, 15) is 4.79 Å². The summed E-state index contributed by atoms with van der Waals surface area (Å²) in [6, 6.07) is 15.9. The molecule has 0 radical (unpaired) electrons. The van der Waals surface area contributed by atoms with Gasteiger partial charge in [0.05, 0.1) is 17.1 Å². The Morgan fingerprint density at radius 1 is 1.14 bits per heavy atom. The van der Waals surface area contributed by atoms with Gasteiger partial charge < -0.3 is 5.32 Å². The van der Waals surface area contributed by atoms with Crippen LogP contribution in [0, 0.1) is 0 Å². The van der Waals surface area contributed by atoms with Crippen LogP contribution in [0.4, 0.5) is 5.69 Å². The number of aromatic amines is 1. The summed E-state index contributed by atoms with van der Waals surface area (Å²) >= 11 is 0. The molecule has 110 valence electrons. The molecule has 4 nitrogen and oxygen atoms in total. The molecule has 0 bridgehead atoms. The molecule has 0 saturated heterocycles. The van der Waals surface area contributed by atoms with Crippen molar-refractivity contribution in [3.05, 3.63) is 60.3 Å². The second kappa shape index (κ2) is 4.98. The van der Waals surface area contributed by atoms with E-state index in [1.807, 2.05) is 36.4 Å². The van der Waals surface area contributed by atoms with E-state index in [4.69, 9.17) is 0 Å². The first kappa shape index (κ1) is 13.1. The van der Waals surface area contributed by atoms with Crippen LogP contribution in [-0.2, 0) is 10.2 Å². The number of H-pyrrole nitrogens is 1. The number of amides is 1. The SMILES string of the molecule is O=C(Nc1ccc2cn[nH]c2c1)C1(c2ccccc2)CCC1. The Kier molecular flexibility index (Phi) is 2.96. The molecule has 3 aromatic rings. The third kappa shape index (κ3) is 1.99. The fraction of sp³-hybridized carbons (Fsp3) is 0.222. The number of anilines is 1. The largest absolute Gasteiger partial charge is 0.325 e. The van der Waals surface area contributed by atoms with Crippen molar-refractivity contribution in [1.29, 1.82) is 0 Å². The summed E-state index contributed by atoms with van der Waals surface area (Å²) in [5, 5.41) is 11.1. The number of nitrogens with zero attached hydrogens (tertiary/aromatic N) is 1. The van der Waals surface area contributed by atoms with Crippen LogP contribution in [0.2, 0.25) is 0 Å². The van der Waals surface area contributed by atoms with Gasteiger partial charge in [0.1, 0.15) is 0 Å². The van der Waals surface area contributed by atoms with Crippen molar-refractivity contribution in [2.45, 2.75) is 24.7 Å². The molecular weight excluding hydrogens is 274 g/mol. The summed E-state index contributed by atoms with van der Waals surface area (Å²) in [6.45, 7) is 0. The molecule has 4 heteroatoms. The van der Waals surface area contributed by atoms with E-state index in [0.717, 1.165) is 41.4 Å². The van der Waals surface area contributed by atoms with Gasteiger partial charge in [0, 0.05) is 11.1 Å². The quantitative estimate of drug-likeness (QED) is 0.774. The molecule has 1 saturated carbocycles. The molecule has 2 N–H and O–H groups in total. The van der Waals surface area contributed by atoms with E-state index < -0.39 is 0 Å². The predicted molar refractivity (Wildman–Crippen MR) is 86.7 cm³/mol. The van der Waals surface area contributed by atoms with Crippen LogP contribution >= 0.6 is 0 Å². The molecule has 2 aromatic carbocycles. The van der Waals surface area contributed by atoms with Crippen LogP contribution in [0.5, 0.6) is 0 Å². The van der Waals surface area contributed by atoms with Crippen LogP contribution in [0.3, 0.4) is 0 Å². The van der Waals surface area contributed by atoms with Gasteiger partial charge in [0.2, 0.25) is 5.91 Å². The summed E-state index contributed by atoms with van der Waals surface area (Å²) in [5.74, 6) is 0.0869. The Morgan fingerprint density at radius 3 is 2.68 bits per heavy atom. The topological polar surface area (TPSA) is 57.8 Å². The van der Waals surface area contributed by atoms with Crippen LogP contribution in [0.25, 0.3) is 10.9 Å². The van der Waals surface area contributed by atoms with Gasteiger partial charge in [-0.3, -0.25) is 9.89 Å². The lowest BCUT2D eigenvalue weighted by molar-refractivity contribution is -0.124. The molecule has 1 heterocycles. The van der Waals surface area contributed by atoms with E-state index in [2.05, 4.69) is 27.6 Å². The van der Waals surface area contributed by atoms with Crippen LogP contribution in [0.15, 0.2) is 54.7 Å². The number of hydrogen-bond donors (Lipinski definition) is 2. The Bertz CT molecular complexity index is 818. The van der Waals surface area contributed by atoms with Gasteiger partial charge in [-0.1, -0.05) is 36.8 Å². The van der Waals surface area contributed by atoms with Crippen molar-refractivity contribution in [3.63, 3.8) is 0 Å². The summed E-state index contributed by atoms with van der Waals surface area (Å²) in [7, 11) is 0. The number of carbonyl (C=O) groups excluding carboxylic acids is 1. The molecule has 0 aliphatic heterocycles. The summed E-state index contributed by atoms with van der Waals surface area (Å²) < 4.78 is 0. The molecule has 0 unspecified atom stereocenters. The van der Waals surface area contributed by atoms with Crippen molar-refractivity contribution in [1.82, 2.24) is 10.2 Å². The number of hydrogen-bond acceptors (Lipinski definition) is 2. The Morgan fingerprint density at radius 2 is 1.95 bits per heavy atom. The molecular formula is C18H17N3O. The maximum atomic E-state index is 12.9. The average molecular weight is 291 g/mol. The lowest BCUT2D eigenvalue weighted by Crippen LogP contribution is -2.45. The number of fused-ring (bicyclic) bond motifs is 1. The number of benzene rings is 2. The van der Waals surface area contributed by atoms with Gasteiger partial charge in [-0.25, -0.2) is 0 Å². The molecule has 1 amide bonds. The van der Waals surface area contributed by atoms with Crippen LogP contribution < -0.4 is 5.32 Å². The molecule has 1 aromatic heterocycles. The number of carbonyl (C=O) groups is 1. The van der Waals surface area contributed by atoms with Crippen LogP contribution in [-0.4, -0.2) is 16.1 Å². The Balaban J connectivity index is 1.63. The third-order valence-electron chi connectivity index (χ3n) is 4.67. The van der Waals surface area contributed by atoms with E-state index in [0.29, 0.717) is 0 Å². The van der Waals surface area contributed by atoms with Crippen molar-refractivity contribution in [2.24, 2.45) is 0 Å². The third-order valence-corrected chi connectivity index (χ3v) is 4.67. The first-order valence-corrected chi connectivity index (χ1v) is 7.58. The van der Waals surface area contributed by atoms with E-state index in [1.165, 1.54) is 0 Å². The summed E-state index contributed by atoms with van der Waals surface area (Å²) in [4.78, 5) is 12.9. The standard InChI is InChI=1S/C18H17N3O/c22-17(18(9-4-10-18)14-5-2-1-3-6-14)20-15-8-7-13-12-19-21-16(13)11-15/h1-3,5-8,11-12H,4,9-10H2,(H,19,21)(H,20,22). The number of nitrogens with one attached hydrogen (secondary N) is 2. The van der Waals surface area contributed by atoms with E-state index in [-0.39, 0.29) is 11.3 Å². The lowest BCUT2D eigenvalue weighted by atomic mass is 9.64. The van der Waals surface area contributed by atoms with Crippen molar-refractivity contribution in [3.8, 4) is 0 Å². The minimum atomic E-state index is -0.371. The first-order valence-electron chi connectivity index (χ1n) is 7.58. The van der Waals surface area contributed by atoms with Crippen molar-refractivity contribution >= 4 is 22.5 Å². The van der Waals surface area contributed by atoms with Crippen molar-refractivity contribution < 1.29 is 4.79 Å². The minimum Gasteiger partial charge on any atom is -0.325 e. The Hall–Kier alpha value is -2.62. The lowest BCUT2D eigenvalue weighted by Gasteiger charge is -2.40. The smallest absolute Gasteiger partial charge is 0.235 e. The van der Waals surface area contributed by atoms with Gasteiger partial charge in [0.25, 0.3) is 0 Å².